The topological polar surface area (TPSA) is 70.2 Å². The van der Waals surface area contributed by atoms with Gasteiger partial charge >= 0.3 is 0 Å². The highest BCUT2D eigenvalue weighted by atomic mass is 19.1. The monoisotopic (exact) mass is 357 g/mol. The molecule has 0 unspecified atom stereocenters. The molecule has 0 atom stereocenters. The average molecular weight is 357 g/mol. The molecule has 6 heteroatoms. The zero-order chi connectivity index (χ0) is 19.2. The van der Waals surface area contributed by atoms with Gasteiger partial charge in [0.25, 0.3) is 0 Å². The van der Waals surface area contributed by atoms with E-state index in [1.54, 1.807) is 42.5 Å². The summed E-state index contributed by atoms with van der Waals surface area (Å²) in [5.41, 5.74) is 1.31. The summed E-state index contributed by atoms with van der Waals surface area (Å²) in [5, 5.41) is 8.50. The fourth-order valence-electron chi connectivity index (χ4n) is 2.11. The smallest absolute Gasteiger partial charge is 0.239 e. The van der Waals surface area contributed by atoms with Crippen LogP contribution in [-0.4, -0.2) is 18.4 Å². The lowest BCUT2D eigenvalue weighted by Crippen LogP contribution is -2.29. The summed E-state index contributed by atoms with van der Waals surface area (Å²) in [4.78, 5) is 24.0. The summed E-state index contributed by atoms with van der Waals surface area (Å²) in [6, 6.07) is 13.4. The van der Waals surface area contributed by atoms with Crippen LogP contribution in [0.1, 0.15) is 26.3 Å². The van der Waals surface area contributed by atoms with Crippen molar-refractivity contribution >= 4 is 23.2 Å². The van der Waals surface area contributed by atoms with Gasteiger partial charge in [0.2, 0.25) is 11.8 Å². The minimum Gasteiger partial charge on any atom is -0.376 e. The Morgan fingerprint density at radius 1 is 1.00 bits per heavy atom. The minimum absolute atomic E-state index is 0.0467. The van der Waals surface area contributed by atoms with E-state index >= 15 is 0 Å². The molecule has 0 aliphatic carbocycles. The van der Waals surface area contributed by atoms with E-state index in [0.29, 0.717) is 16.9 Å². The highest BCUT2D eigenvalue weighted by molar-refractivity contribution is 5.95. The molecule has 0 aromatic heterocycles. The van der Waals surface area contributed by atoms with Crippen LogP contribution in [0, 0.1) is 11.2 Å². The molecule has 2 aromatic rings. The molecule has 0 aliphatic rings. The van der Waals surface area contributed by atoms with Crippen molar-refractivity contribution in [2.45, 2.75) is 27.3 Å². The van der Waals surface area contributed by atoms with Gasteiger partial charge in [-0.05, 0) is 24.3 Å². The van der Waals surface area contributed by atoms with E-state index in [9.17, 15) is 14.0 Å². The molecule has 0 aliphatic heterocycles. The van der Waals surface area contributed by atoms with Crippen molar-refractivity contribution in [3.63, 3.8) is 0 Å². The number of anilines is 2. The van der Waals surface area contributed by atoms with Gasteiger partial charge in [-0.25, -0.2) is 4.39 Å². The summed E-state index contributed by atoms with van der Waals surface area (Å²) in [6.45, 7) is 5.69. The Kier molecular flexibility index (Phi) is 6.33. The third-order valence-corrected chi connectivity index (χ3v) is 3.69. The second-order valence-corrected chi connectivity index (χ2v) is 7.01. The van der Waals surface area contributed by atoms with E-state index in [1.165, 1.54) is 6.07 Å². The predicted molar refractivity (Wildman–Crippen MR) is 101 cm³/mol. The zero-order valence-corrected chi connectivity index (χ0v) is 15.2. The van der Waals surface area contributed by atoms with Crippen LogP contribution >= 0.6 is 0 Å². The van der Waals surface area contributed by atoms with E-state index in [1.807, 2.05) is 20.8 Å². The van der Waals surface area contributed by atoms with E-state index in [4.69, 9.17) is 0 Å². The van der Waals surface area contributed by atoms with Crippen LogP contribution in [0.2, 0.25) is 0 Å². The largest absolute Gasteiger partial charge is 0.376 e. The van der Waals surface area contributed by atoms with Crippen molar-refractivity contribution in [2.24, 2.45) is 5.41 Å². The van der Waals surface area contributed by atoms with Crippen molar-refractivity contribution in [3.05, 3.63) is 59.9 Å². The van der Waals surface area contributed by atoms with Gasteiger partial charge in [-0.2, -0.15) is 0 Å². The van der Waals surface area contributed by atoms with Crippen molar-refractivity contribution in [3.8, 4) is 0 Å². The van der Waals surface area contributed by atoms with Gasteiger partial charge in [-0.1, -0.05) is 45.0 Å². The van der Waals surface area contributed by atoms with Crippen LogP contribution in [0.5, 0.6) is 0 Å². The van der Waals surface area contributed by atoms with E-state index in [0.717, 1.165) is 0 Å². The highest BCUT2D eigenvalue weighted by Crippen LogP contribution is 2.19. The second kappa shape index (κ2) is 8.47. The van der Waals surface area contributed by atoms with Crippen LogP contribution in [-0.2, 0) is 16.1 Å². The maximum atomic E-state index is 13.5. The lowest BCUT2D eigenvalue weighted by atomic mass is 9.95. The minimum atomic E-state index is -0.490. The van der Waals surface area contributed by atoms with Crippen molar-refractivity contribution in [1.82, 2.24) is 5.32 Å². The number of carbonyl (C=O) groups is 2. The number of amides is 2. The third kappa shape index (κ3) is 5.88. The molecule has 0 saturated carbocycles. The third-order valence-electron chi connectivity index (χ3n) is 3.69. The second-order valence-electron chi connectivity index (χ2n) is 7.01. The fraction of sp³-hybridized carbons (Fsp3) is 0.300. The molecule has 3 N–H and O–H groups in total. The Labute approximate surface area is 153 Å². The number of hydrogen-bond acceptors (Lipinski definition) is 3. The normalized spacial score (nSPS) is 10.9. The van der Waals surface area contributed by atoms with Gasteiger partial charge in [0.15, 0.2) is 0 Å². The molecule has 0 heterocycles. The lowest BCUT2D eigenvalue weighted by molar-refractivity contribution is -0.123. The van der Waals surface area contributed by atoms with Gasteiger partial charge < -0.3 is 16.0 Å². The van der Waals surface area contributed by atoms with Gasteiger partial charge in [0, 0.05) is 28.9 Å². The van der Waals surface area contributed by atoms with Gasteiger partial charge in [-0.3, -0.25) is 9.59 Å². The van der Waals surface area contributed by atoms with Crippen LogP contribution in [0.4, 0.5) is 15.8 Å². The van der Waals surface area contributed by atoms with Crippen LogP contribution in [0.15, 0.2) is 48.5 Å². The first-order valence-corrected chi connectivity index (χ1v) is 8.41. The van der Waals surface area contributed by atoms with Crippen molar-refractivity contribution in [1.29, 1.82) is 0 Å². The van der Waals surface area contributed by atoms with Crippen LogP contribution in [0.3, 0.4) is 0 Å². The SMILES string of the molecule is CC(C)(C)C(=O)Nc1cccc(NCC(=O)NCc2ccccc2F)c1. The predicted octanol–water partition coefficient (Wildman–Crippen LogP) is 3.54. The molecule has 26 heavy (non-hydrogen) atoms. The summed E-state index contributed by atoms with van der Waals surface area (Å²) in [7, 11) is 0. The first-order chi connectivity index (χ1) is 12.3. The first kappa shape index (κ1) is 19.4. The molecule has 0 spiro atoms. The van der Waals surface area contributed by atoms with E-state index in [2.05, 4.69) is 16.0 Å². The molecule has 138 valence electrons. The zero-order valence-electron chi connectivity index (χ0n) is 15.2. The molecular formula is C20H24FN3O2. The van der Waals surface area contributed by atoms with E-state index < -0.39 is 5.41 Å². The number of nitrogens with one attached hydrogen (secondary N) is 3. The fourth-order valence-corrected chi connectivity index (χ4v) is 2.11. The molecule has 2 amide bonds. The Balaban J connectivity index is 1.85. The number of hydrogen-bond donors (Lipinski definition) is 3. The Bertz CT molecular complexity index is 785. The summed E-state index contributed by atoms with van der Waals surface area (Å²) >= 11 is 0. The average Bonchev–Trinajstić information content (AvgIpc) is 2.59. The molecule has 2 aromatic carbocycles. The molecule has 2 rings (SSSR count). The molecular weight excluding hydrogens is 333 g/mol. The number of benzene rings is 2. The molecule has 5 nitrogen and oxygen atoms in total. The highest BCUT2D eigenvalue weighted by Gasteiger charge is 2.21. The van der Waals surface area contributed by atoms with Gasteiger partial charge in [0.05, 0.1) is 6.54 Å². The molecule has 0 radical (unpaired) electrons. The van der Waals surface area contributed by atoms with Gasteiger partial charge in [0.1, 0.15) is 5.82 Å². The maximum Gasteiger partial charge on any atom is 0.239 e. The lowest BCUT2D eigenvalue weighted by Gasteiger charge is -2.18. The molecule has 0 saturated heterocycles. The Hall–Kier alpha value is -2.89. The number of carbonyl (C=O) groups excluding carboxylic acids is 2. The first-order valence-electron chi connectivity index (χ1n) is 8.41. The van der Waals surface area contributed by atoms with E-state index in [-0.39, 0.29) is 30.7 Å². The number of halogens is 1. The Morgan fingerprint density at radius 2 is 1.69 bits per heavy atom. The quantitative estimate of drug-likeness (QED) is 0.741. The summed E-state index contributed by atoms with van der Waals surface area (Å²) < 4.78 is 13.5. The summed E-state index contributed by atoms with van der Waals surface area (Å²) in [5.74, 6) is -0.683. The van der Waals surface area contributed by atoms with Gasteiger partial charge in [-0.15, -0.1) is 0 Å². The Morgan fingerprint density at radius 3 is 2.38 bits per heavy atom. The number of rotatable bonds is 6. The van der Waals surface area contributed by atoms with Crippen molar-refractivity contribution < 1.29 is 14.0 Å². The standard InChI is InChI=1S/C20H24FN3O2/c1-20(2,3)19(26)24-16-9-6-8-15(11-16)22-13-18(25)23-12-14-7-4-5-10-17(14)21/h4-11,22H,12-13H2,1-3H3,(H,23,25)(H,24,26). The maximum absolute atomic E-state index is 13.5. The molecule has 0 fully saturated rings. The van der Waals surface area contributed by atoms with Crippen LogP contribution < -0.4 is 16.0 Å². The molecule has 0 bridgehead atoms. The van der Waals surface area contributed by atoms with Crippen LogP contribution in [0.25, 0.3) is 0 Å². The van der Waals surface area contributed by atoms with Crippen molar-refractivity contribution in [2.75, 3.05) is 17.2 Å². The summed E-state index contributed by atoms with van der Waals surface area (Å²) in [6.07, 6.45) is 0.